The van der Waals surface area contributed by atoms with Crippen LogP contribution in [0.3, 0.4) is 0 Å². The SMILES string of the molecule is Cc1nn(C)cc1[C@H](C)NC(=O)N[C@@H]1CCN(CC2CCCC2)C1. The summed E-state index contributed by atoms with van der Waals surface area (Å²) < 4.78 is 1.79. The minimum absolute atomic E-state index is 0.0327. The highest BCUT2D eigenvalue weighted by atomic mass is 16.2. The van der Waals surface area contributed by atoms with Crippen molar-refractivity contribution in [1.82, 2.24) is 25.3 Å². The van der Waals surface area contributed by atoms with E-state index in [-0.39, 0.29) is 18.1 Å². The molecule has 2 aliphatic rings. The fourth-order valence-corrected chi connectivity index (χ4v) is 4.22. The van der Waals surface area contributed by atoms with E-state index in [0.717, 1.165) is 36.7 Å². The van der Waals surface area contributed by atoms with Crippen LogP contribution in [-0.4, -0.2) is 46.4 Å². The minimum Gasteiger partial charge on any atom is -0.334 e. The van der Waals surface area contributed by atoms with E-state index in [2.05, 4.69) is 20.6 Å². The Kier molecular flexibility index (Phi) is 5.43. The molecule has 2 N–H and O–H groups in total. The Morgan fingerprint density at radius 2 is 2.12 bits per heavy atom. The first-order chi connectivity index (χ1) is 11.5. The van der Waals surface area contributed by atoms with Gasteiger partial charge in [0.15, 0.2) is 0 Å². The summed E-state index contributed by atoms with van der Waals surface area (Å²) in [6.45, 7) is 7.29. The predicted octanol–water partition coefficient (Wildman–Crippen LogP) is 2.35. The molecule has 0 unspecified atom stereocenters. The molecule has 1 saturated carbocycles. The van der Waals surface area contributed by atoms with Crippen LogP contribution in [0.25, 0.3) is 0 Å². The maximum Gasteiger partial charge on any atom is 0.315 e. The summed E-state index contributed by atoms with van der Waals surface area (Å²) in [6, 6.07) is 0.168. The summed E-state index contributed by atoms with van der Waals surface area (Å²) >= 11 is 0. The number of hydrogen-bond acceptors (Lipinski definition) is 3. The highest BCUT2D eigenvalue weighted by molar-refractivity contribution is 5.74. The number of nitrogens with zero attached hydrogens (tertiary/aromatic N) is 3. The quantitative estimate of drug-likeness (QED) is 0.869. The molecule has 1 saturated heterocycles. The zero-order valence-electron chi connectivity index (χ0n) is 15.2. The van der Waals surface area contributed by atoms with E-state index in [1.54, 1.807) is 4.68 Å². The number of aromatic nitrogens is 2. The molecular formula is C18H31N5O. The Bertz CT molecular complexity index is 564. The van der Waals surface area contributed by atoms with Gasteiger partial charge in [0.05, 0.1) is 11.7 Å². The van der Waals surface area contributed by atoms with E-state index in [1.165, 1.54) is 32.2 Å². The van der Waals surface area contributed by atoms with Gasteiger partial charge in [0.25, 0.3) is 0 Å². The molecule has 3 rings (SSSR count). The molecule has 24 heavy (non-hydrogen) atoms. The molecule has 1 aliphatic carbocycles. The van der Waals surface area contributed by atoms with Gasteiger partial charge in [0, 0.05) is 44.5 Å². The lowest BCUT2D eigenvalue weighted by molar-refractivity contribution is 0.231. The highest BCUT2D eigenvalue weighted by Crippen LogP contribution is 2.26. The Hall–Kier alpha value is -1.56. The zero-order valence-corrected chi connectivity index (χ0v) is 15.2. The predicted molar refractivity (Wildman–Crippen MR) is 94.8 cm³/mol. The topological polar surface area (TPSA) is 62.2 Å². The number of aryl methyl sites for hydroxylation is 2. The van der Waals surface area contributed by atoms with Crippen LogP contribution < -0.4 is 10.6 Å². The first kappa shape index (κ1) is 17.3. The van der Waals surface area contributed by atoms with Gasteiger partial charge in [0.1, 0.15) is 0 Å². The third-order valence-corrected chi connectivity index (χ3v) is 5.46. The third-order valence-electron chi connectivity index (χ3n) is 5.46. The second kappa shape index (κ2) is 7.55. The number of carbonyl (C=O) groups is 1. The molecular weight excluding hydrogens is 302 g/mol. The number of nitrogens with one attached hydrogen (secondary N) is 2. The minimum atomic E-state index is -0.0709. The van der Waals surface area contributed by atoms with Gasteiger partial charge in [-0.1, -0.05) is 12.8 Å². The molecule has 0 bridgehead atoms. The second-order valence-corrected chi connectivity index (χ2v) is 7.58. The van der Waals surface area contributed by atoms with Crippen LogP contribution in [-0.2, 0) is 7.05 Å². The summed E-state index contributed by atoms with van der Waals surface area (Å²) in [6.07, 6.45) is 8.59. The van der Waals surface area contributed by atoms with Crippen LogP contribution in [0.5, 0.6) is 0 Å². The van der Waals surface area contributed by atoms with Gasteiger partial charge < -0.3 is 15.5 Å². The van der Waals surface area contributed by atoms with Crippen LogP contribution in [0.4, 0.5) is 4.79 Å². The molecule has 1 aromatic rings. The Balaban J connectivity index is 1.42. The van der Waals surface area contributed by atoms with Crippen molar-refractivity contribution in [3.8, 4) is 0 Å². The molecule has 2 atom stereocenters. The van der Waals surface area contributed by atoms with Crippen molar-refractivity contribution < 1.29 is 4.79 Å². The summed E-state index contributed by atoms with van der Waals surface area (Å²) in [5, 5.41) is 10.5. The van der Waals surface area contributed by atoms with Crippen molar-refractivity contribution >= 4 is 6.03 Å². The summed E-state index contributed by atoms with van der Waals surface area (Å²) in [5.41, 5.74) is 2.04. The maximum atomic E-state index is 12.3. The highest BCUT2D eigenvalue weighted by Gasteiger charge is 2.27. The zero-order chi connectivity index (χ0) is 17.1. The molecule has 6 heteroatoms. The van der Waals surface area contributed by atoms with Gasteiger partial charge in [-0.25, -0.2) is 4.79 Å². The van der Waals surface area contributed by atoms with Crippen LogP contribution in [0.15, 0.2) is 6.20 Å². The number of rotatable bonds is 5. The summed E-state index contributed by atoms with van der Waals surface area (Å²) in [5.74, 6) is 0.881. The van der Waals surface area contributed by atoms with Gasteiger partial charge in [-0.2, -0.15) is 5.10 Å². The fraction of sp³-hybridized carbons (Fsp3) is 0.778. The molecule has 1 aliphatic heterocycles. The first-order valence-corrected chi connectivity index (χ1v) is 9.31. The largest absolute Gasteiger partial charge is 0.334 e. The third kappa shape index (κ3) is 4.29. The average Bonchev–Trinajstić information content (AvgIpc) is 3.22. The van der Waals surface area contributed by atoms with E-state index in [0.29, 0.717) is 0 Å². The number of hydrogen-bond donors (Lipinski definition) is 2. The lowest BCUT2D eigenvalue weighted by Gasteiger charge is -2.21. The van der Waals surface area contributed by atoms with Gasteiger partial charge in [0.2, 0.25) is 0 Å². The normalized spacial score (nSPS) is 23.5. The van der Waals surface area contributed by atoms with Gasteiger partial charge >= 0.3 is 6.03 Å². The van der Waals surface area contributed by atoms with Gasteiger partial charge in [-0.15, -0.1) is 0 Å². The van der Waals surface area contributed by atoms with E-state index >= 15 is 0 Å². The van der Waals surface area contributed by atoms with E-state index in [4.69, 9.17) is 0 Å². The molecule has 0 aromatic carbocycles. The standard InChI is InChI=1S/C18H31N5O/c1-13(17-12-22(3)21-14(17)2)19-18(24)20-16-8-9-23(11-16)10-15-6-4-5-7-15/h12-13,15-16H,4-11H2,1-3H3,(H2,19,20,24)/t13-,16+/m0/s1. The lowest BCUT2D eigenvalue weighted by Crippen LogP contribution is -2.44. The molecule has 2 amide bonds. The number of carbonyl (C=O) groups excluding carboxylic acids is 1. The van der Waals surface area contributed by atoms with Crippen molar-refractivity contribution in [3.05, 3.63) is 17.5 Å². The smallest absolute Gasteiger partial charge is 0.315 e. The van der Waals surface area contributed by atoms with Crippen molar-refractivity contribution in [1.29, 1.82) is 0 Å². The Labute approximate surface area is 145 Å². The molecule has 2 heterocycles. The van der Waals surface area contributed by atoms with E-state index in [9.17, 15) is 4.79 Å². The van der Waals surface area contributed by atoms with Crippen molar-refractivity contribution in [3.63, 3.8) is 0 Å². The maximum absolute atomic E-state index is 12.3. The number of urea groups is 1. The lowest BCUT2D eigenvalue weighted by atomic mass is 10.1. The monoisotopic (exact) mass is 333 g/mol. The number of amides is 2. The summed E-state index contributed by atoms with van der Waals surface area (Å²) in [7, 11) is 1.90. The fourth-order valence-electron chi connectivity index (χ4n) is 4.22. The molecule has 1 aromatic heterocycles. The van der Waals surface area contributed by atoms with Crippen LogP contribution in [0, 0.1) is 12.8 Å². The molecule has 134 valence electrons. The van der Waals surface area contributed by atoms with E-state index in [1.807, 2.05) is 27.1 Å². The average molecular weight is 333 g/mol. The molecule has 2 fully saturated rings. The second-order valence-electron chi connectivity index (χ2n) is 7.58. The first-order valence-electron chi connectivity index (χ1n) is 9.31. The Morgan fingerprint density at radius 3 is 2.79 bits per heavy atom. The van der Waals surface area contributed by atoms with Gasteiger partial charge in [-0.05, 0) is 39.0 Å². The molecule has 0 spiro atoms. The molecule has 6 nitrogen and oxygen atoms in total. The van der Waals surface area contributed by atoms with Crippen LogP contribution >= 0.6 is 0 Å². The van der Waals surface area contributed by atoms with Crippen molar-refractivity contribution in [2.45, 2.75) is 58.0 Å². The van der Waals surface area contributed by atoms with Crippen LogP contribution in [0.1, 0.15) is 56.3 Å². The van der Waals surface area contributed by atoms with E-state index < -0.39 is 0 Å². The van der Waals surface area contributed by atoms with Crippen LogP contribution in [0.2, 0.25) is 0 Å². The Morgan fingerprint density at radius 1 is 1.38 bits per heavy atom. The van der Waals surface area contributed by atoms with Crippen molar-refractivity contribution in [2.75, 3.05) is 19.6 Å². The number of likely N-dealkylation sites (tertiary alicyclic amines) is 1. The van der Waals surface area contributed by atoms with Crippen molar-refractivity contribution in [2.24, 2.45) is 13.0 Å². The summed E-state index contributed by atoms with van der Waals surface area (Å²) in [4.78, 5) is 14.8. The molecule has 0 radical (unpaired) electrons. The van der Waals surface area contributed by atoms with Gasteiger partial charge in [-0.3, -0.25) is 4.68 Å².